The average molecular weight is 333 g/mol. The van der Waals surface area contributed by atoms with Gasteiger partial charge in [-0.05, 0) is 23.3 Å². The molecule has 0 saturated heterocycles. The van der Waals surface area contributed by atoms with Crippen molar-refractivity contribution in [2.24, 2.45) is 0 Å². The summed E-state index contributed by atoms with van der Waals surface area (Å²) in [5.74, 6) is -0.173. The van der Waals surface area contributed by atoms with Gasteiger partial charge in [0.2, 0.25) is 5.91 Å². The van der Waals surface area contributed by atoms with Crippen LogP contribution in [0.25, 0.3) is 0 Å². The highest BCUT2D eigenvalue weighted by Gasteiger charge is 2.16. The highest BCUT2D eigenvalue weighted by Crippen LogP contribution is 2.25. The van der Waals surface area contributed by atoms with E-state index in [4.69, 9.17) is 4.74 Å². The number of rotatable bonds is 6. The molecule has 126 valence electrons. The van der Waals surface area contributed by atoms with Crippen molar-refractivity contribution in [3.8, 4) is 5.75 Å². The Bertz CT molecular complexity index is 779. The third-order valence-electron chi connectivity index (χ3n) is 3.72. The molecular formula is C21H19NO3. The van der Waals surface area contributed by atoms with Gasteiger partial charge in [0.25, 0.3) is 0 Å². The SMILES string of the molecule is O=C(COC(c1ccccc1)c1ccccc1)Nc1cccc(O)c1. The van der Waals surface area contributed by atoms with Crippen LogP contribution >= 0.6 is 0 Å². The van der Waals surface area contributed by atoms with Gasteiger partial charge in [-0.15, -0.1) is 0 Å². The largest absolute Gasteiger partial charge is 0.508 e. The van der Waals surface area contributed by atoms with Crippen molar-refractivity contribution in [2.45, 2.75) is 6.10 Å². The highest BCUT2D eigenvalue weighted by molar-refractivity contribution is 5.91. The van der Waals surface area contributed by atoms with Gasteiger partial charge in [-0.2, -0.15) is 0 Å². The topological polar surface area (TPSA) is 58.6 Å². The van der Waals surface area contributed by atoms with Crippen molar-refractivity contribution in [2.75, 3.05) is 11.9 Å². The minimum Gasteiger partial charge on any atom is -0.508 e. The van der Waals surface area contributed by atoms with E-state index >= 15 is 0 Å². The number of nitrogens with one attached hydrogen (secondary N) is 1. The summed E-state index contributed by atoms with van der Waals surface area (Å²) in [5, 5.41) is 12.2. The number of benzene rings is 3. The van der Waals surface area contributed by atoms with Crippen LogP contribution < -0.4 is 5.32 Å². The van der Waals surface area contributed by atoms with Gasteiger partial charge < -0.3 is 15.2 Å². The van der Waals surface area contributed by atoms with Crippen molar-refractivity contribution in [3.05, 3.63) is 96.1 Å². The zero-order valence-corrected chi connectivity index (χ0v) is 13.6. The lowest BCUT2D eigenvalue weighted by atomic mass is 10.0. The van der Waals surface area contributed by atoms with E-state index in [2.05, 4.69) is 5.32 Å². The lowest BCUT2D eigenvalue weighted by Gasteiger charge is -2.19. The molecule has 0 unspecified atom stereocenters. The van der Waals surface area contributed by atoms with Crippen LogP contribution in [0, 0.1) is 0 Å². The van der Waals surface area contributed by atoms with Crippen LogP contribution in [0.1, 0.15) is 17.2 Å². The van der Waals surface area contributed by atoms with E-state index in [-0.39, 0.29) is 24.4 Å². The van der Waals surface area contributed by atoms with Crippen LogP contribution in [0.4, 0.5) is 5.69 Å². The fourth-order valence-corrected chi connectivity index (χ4v) is 2.58. The Kier molecular flexibility index (Phi) is 5.44. The second-order valence-corrected chi connectivity index (χ2v) is 5.61. The van der Waals surface area contributed by atoms with Gasteiger partial charge in [0.15, 0.2) is 0 Å². The summed E-state index contributed by atoms with van der Waals surface area (Å²) in [6.07, 6.45) is -0.322. The van der Waals surface area contributed by atoms with E-state index in [1.165, 1.54) is 6.07 Å². The summed E-state index contributed by atoms with van der Waals surface area (Å²) in [7, 11) is 0. The number of carbonyl (C=O) groups excluding carboxylic acids is 1. The molecule has 3 rings (SSSR count). The Morgan fingerprint density at radius 3 is 2.04 bits per heavy atom. The molecule has 4 heteroatoms. The Morgan fingerprint density at radius 2 is 1.48 bits per heavy atom. The van der Waals surface area contributed by atoms with Crippen molar-refractivity contribution in [1.82, 2.24) is 0 Å². The van der Waals surface area contributed by atoms with Crippen LogP contribution in [0.15, 0.2) is 84.9 Å². The number of aromatic hydroxyl groups is 1. The van der Waals surface area contributed by atoms with Crippen LogP contribution in [0.5, 0.6) is 5.75 Å². The average Bonchev–Trinajstić information content (AvgIpc) is 2.64. The first-order valence-electron chi connectivity index (χ1n) is 8.03. The monoisotopic (exact) mass is 333 g/mol. The van der Waals surface area contributed by atoms with Crippen LogP contribution in [0.2, 0.25) is 0 Å². The molecule has 0 fully saturated rings. The van der Waals surface area contributed by atoms with Crippen LogP contribution in [-0.4, -0.2) is 17.6 Å². The van der Waals surface area contributed by atoms with E-state index in [1.807, 2.05) is 60.7 Å². The maximum Gasteiger partial charge on any atom is 0.250 e. The summed E-state index contributed by atoms with van der Waals surface area (Å²) >= 11 is 0. The lowest BCUT2D eigenvalue weighted by molar-refractivity contribution is -0.121. The number of phenolic OH excluding ortho intramolecular Hbond substituents is 1. The number of ether oxygens (including phenoxy) is 1. The highest BCUT2D eigenvalue weighted by atomic mass is 16.5. The summed E-state index contributed by atoms with van der Waals surface area (Å²) in [6.45, 7) is -0.0931. The molecule has 3 aromatic carbocycles. The summed E-state index contributed by atoms with van der Waals surface area (Å²) in [4.78, 5) is 12.2. The maximum absolute atomic E-state index is 12.2. The van der Waals surface area contributed by atoms with E-state index < -0.39 is 0 Å². The van der Waals surface area contributed by atoms with Crippen molar-refractivity contribution < 1.29 is 14.6 Å². The standard InChI is InChI=1S/C21H19NO3/c23-19-13-7-12-18(14-19)22-20(24)15-25-21(16-8-3-1-4-9-16)17-10-5-2-6-11-17/h1-14,21,23H,15H2,(H,22,24). The molecule has 4 nitrogen and oxygen atoms in total. The van der Waals surface area contributed by atoms with E-state index in [1.54, 1.807) is 18.2 Å². The Labute approximate surface area is 146 Å². The Hall–Kier alpha value is -3.11. The number of hydrogen-bond acceptors (Lipinski definition) is 3. The molecule has 0 heterocycles. The first kappa shape index (κ1) is 16.7. The number of phenols is 1. The summed E-state index contributed by atoms with van der Waals surface area (Å²) in [5.41, 5.74) is 2.50. The third kappa shape index (κ3) is 4.68. The quantitative estimate of drug-likeness (QED) is 0.713. The van der Waals surface area contributed by atoms with Crippen molar-refractivity contribution in [1.29, 1.82) is 0 Å². The number of hydrogen-bond donors (Lipinski definition) is 2. The predicted molar refractivity (Wildman–Crippen MR) is 97.4 cm³/mol. The van der Waals surface area contributed by atoms with Gasteiger partial charge in [-0.1, -0.05) is 66.7 Å². The lowest BCUT2D eigenvalue weighted by Crippen LogP contribution is -2.20. The maximum atomic E-state index is 12.2. The summed E-state index contributed by atoms with van der Waals surface area (Å²) in [6, 6.07) is 26.0. The molecule has 0 aliphatic heterocycles. The zero-order valence-electron chi connectivity index (χ0n) is 13.6. The molecule has 0 atom stereocenters. The molecule has 25 heavy (non-hydrogen) atoms. The molecule has 1 amide bonds. The molecule has 3 aromatic rings. The first-order valence-corrected chi connectivity index (χ1v) is 8.03. The molecule has 0 aliphatic carbocycles. The molecular weight excluding hydrogens is 314 g/mol. The second kappa shape index (κ2) is 8.13. The second-order valence-electron chi connectivity index (χ2n) is 5.61. The fraction of sp³-hybridized carbons (Fsp3) is 0.0952. The molecule has 0 aromatic heterocycles. The molecule has 0 bridgehead atoms. The van der Waals surface area contributed by atoms with E-state index in [0.29, 0.717) is 5.69 Å². The predicted octanol–water partition coefficient (Wildman–Crippen LogP) is 4.14. The number of anilines is 1. The molecule has 0 aliphatic rings. The van der Waals surface area contributed by atoms with E-state index in [9.17, 15) is 9.90 Å². The molecule has 2 N–H and O–H groups in total. The van der Waals surface area contributed by atoms with Crippen LogP contribution in [0.3, 0.4) is 0 Å². The summed E-state index contributed by atoms with van der Waals surface area (Å²) < 4.78 is 5.90. The number of amides is 1. The Morgan fingerprint density at radius 1 is 0.880 bits per heavy atom. The first-order chi connectivity index (χ1) is 12.2. The molecule has 0 radical (unpaired) electrons. The minimum absolute atomic E-state index is 0.0931. The van der Waals surface area contributed by atoms with Gasteiger partial charge in [-0.25, -0.2) is 0 Å². The fourth-order valence-electron chi connectivity index (χ4n) is 2.58. The smallest absolute Gasteiger partial charge is 0.250 e. The normalized spacial score (nSPS) is 10.6. The van der Waals surface area contributed by atoms with Gasteiger partial charge in [-0.3, -0.25) is 4.79 Å². The van der Waals surface area contributed by atoms with Crippen molar-refractivity contribution >= 4 is 11.6 Å². The van der Waals surface area contributed by atoms with Gasteiger partial charge in [0.1, 0.15) is 18.5 Å². The molecule has 0 spiro atoms. The van der Waals surface area contributed by atoms with Gasteiger partial charge in [0.05, 0.1) is 0 Å². The van der Waals surface area contributed by atoms with Gasteiger partial charge >= 0.3 is 0 Å². The van der Waals surface area contributed by atoms with Crippen LogP contribution in [-0.2, 0) is 9.53 Å². The number of carbonyl (C=O) groups is 1. The third-order valence-corrected chi connectivity index (χ3v) is 3.72. The van der Waals surface area contributed by atoms with Crippen molar-refractivity contribution in [3.63, 3.8) is 0 Å². The molecule has 0 saturated carbocycles. The zero-order chi connectivity index (χ0) is 17.5. The Balaban J connectivity index is 1.70. The minimum atomic E-state index is -0.322. The van der Waals surface area contributed by atoms with Gasteiger partial charge in [0, 0.05) is 11.8 Å². The van der Waals surface area contributed by atoms with E-state index in [0.717, 1.165) is 11.1 Å².